The molecule has 2 heterocycles. The summed E-state index contributed by atoms with van der Waals surface area (Å²) in [5.74, 6) is -0.916. The number of aromatic amines is 1. The summed E-state index contributed by atoms with van der Waals surface area (Å²) in [7, 11) is 0. The van der Waals surface area contributed by atoms with E-state index in [-0.39, 0.29) is 11.5 Å². The lowest BCUT2D eigenvalue weighted by molar-refractivity contribution is -0.142. The fourth-order valence-electron chi connectivity index (χ4n) is 2.03. The SMILES string of the molecule is C[C@@H]1CN(c2ncc[nH]c2=O)C[C@H]1C(=O)O. The van der Waals surface area contributed by atoms with E-state index in [9.17, 15) is 9.59 Å². The number of aliphatic carboxylic acids is 1. The van der Waals surface area contributed by atoms with Gasteiger partial charge in [-0.15, -0.1) is 0 Å². The van der Waals surface area contributed by atoms with Crippen LogP contribution in [0.5, 0.6) is 0 Å². The van der Waals surface area contributed by atoms with Crippen LogP contribution in [0.1, 0.15) is 6.92 Å². The second kappa shape index (κ2) is 3.96. The molecule has 0 amide bonds. The maximum atomic E-state index is 11.5. The van der Waals surface area contributed by atoms with Crippen molar-refractivity contribution in [3.63, 3.8) is 0 Å². The van der Waals surface area contributed by atoms with Gasteiger partial charge in [0.2, 0.25) is 0 Å². The smallest absolute Gasteiger partial charge is 0.308 e. The van der Waals surface area contributed by atoms with Crippen molar-refractivity contribution in [1.82, 2.24) is 9.97 Å². The molecular weight excluding hydrogens is 210 g/mol. The van der Waals surface area contributed by atoms with Gasteiger partial charge in [0.05, 0.1) is 5.92 Å². The summed E-state index contributed by atoms with van der Waals surface area (Å²) in [6.07, 6.45) is 2.95. The van der Waals surface area contributed by atoms with Crippen LogP contribution in [0.15, 0.2) is 17.2 Å². The maximum absolute atomic E-state index is 11.5. The van der Waals surface area contributed by atoms with E-state index in [0.717, 1.165) is 0 Å². The van der Waals surface area contributed by atoms with Crippen molar-refractivity contribution in [2.45, 2.75) is 6.92 Å². The normalized spacial score (nSPS) is 24.7. The van der Waals surface area contributed by atoms with Crippen LogP contribution in [0.4, 0.5) is 5.82 Å². The monoisotopic (exact) mass is 223 g/mol. The zero-order chi connectivity index (χ0) is 11.7. The Kier molecular flexibility index (Phi) is 2.64. The fraction of sp³-hybridized carbons (Fsp3) is 0.500. The summed E-state index contributed by atoms with van der Waals surface area (Å²) < 4.78 is 0. The molecule has 1 aliphatic heterocycles. The lowest BCUT2D eigenvalue weighted by atomic mass is 9.99. The zero-order valence-electron chi connectivity index (χ0n) is 8.88. The van der Waals surface area contributed by atoms with Crippen LogP contribution in [-0.4, -0.2) is 34.1 Å². The molecule has 1 fully saturated rings. The molecule has 2 N–H and O–H groups in total. The first-order valence-corrected chi connectivity index (χ1v) is 5.11. The summed E-state index contributed by atoms with van der Waals surface area (Å²) in [4.78, 5) is 30.7. The molecule has 0 saturated carbocycles. The molecule has 0 spiro atoms. The van der Waals surface area contributed by atoms with Crippen LogP contribution in [0.25, 0.3) is 0 Å². The van der Waals surface area contributed by atoms with Crippen LogP contribution < -0.4 is 10.5 Å². The van der Waals surface area contributed by atoms with Crippen LogP contribution >= 0.6 is 0 Å². The van der Waals surface area contributed by atoms with Crippen LogP contribution in [0.2, 0.25) is 0 Å². The van der Waals surface area contributed by atoms with Crippen molar-refractivity contribution in [2.24, 2.45) is 11.8 Å². The Morgan fingerprint density at radius 1 is 1.62 bits per heavy atom. The number of H-pyrrole nitrogens is 1. The van der Waals surface area contributed by atoms with E-state index in [0.29, 0.717) is 18.9 Å². The molecule has 0 aromatic carbocycles. The standard InChI is InChI=1S/C10H13N3O3/c1-6-4-13(5-7(6)10(15)16)8-9(14)12-3-2-11-8/h2-3,6-7H,4-5H2,1H3,(H,12,14)(H,15,16)/t6-,7-/m1/s1. The van der Waals surface area contributed by atoms with Gasteiger partial charge < -0.3 is 15.0 Å². The predicted octanol–water partition coefficient (Wildman–Crippen LogP) is -0.0732. The van der Waals surface area contributed by atoms with Gasteiger partial charge in [-0.1, -0.05) is 6.92 Å². The molecule has 0 bridgehead atoms. The van der Waals surface area contributed by atoms with Crippen molar-refractivity contribution >= 4 is 11.8 Å². The number of hydrogen-bond acceptors (Lipinski definition) is 4. The van der Waals surface area contributed by atoms with Crippen molar-refractivity contribution < 1.29 is 9.90 Å². The number of carboxylic acid groups (broad SMARTS) is 1. The highest BCUT2D eigenvalue weighted by Crippen LogP contribution is 2.25. The number of rotatable bonds is 2. The Labute approximate surface area is 91.9 Å². The number of nitrogens with zero attached hydrogens (tertiary/aromatic N) is 2. The summed E-state index contributed by atoms with van der Waals surface area (Å²) in [6.45, 7) is 2.77. The number of anilines is 1. The molecule has 0 aliphatic carbocycles. The molecule has 6 nitrogen and oxygen atoms in total. The number of carbonyl (C=O) groups is 1. The Morgan fingerprint density at radius 2 is 2.38 bits per heavy atom. The number of hydrogen-bond donors (Lipinski definition) is 2. The first kappa shape index (κ1) is 10.7. The van der Waals surface area contributed by atoms with Gasteiger partial charge in [-0.3, -0.25) is 9.59 Å². The van der Waals surface area contributed by atoms with E-state index in [4.69, 9.17) is 5.11 Å². The third-order valence-corrected chi connectivity index (χ3v) is 2.92. The Morgan fingerprint density at radius 3 is 2.94 bits per heavy atom. The quantitative estimate of drug-likeness (QED) is 0.732. The van der Waals surface area contributed by atoms with E-state index in [1.807, 2.05) is 6.92 Å². The third kappa shape index (κ3) is 1.78. The average Bonchev–Trinajstić information content (AvgIpc) is 2.61. The lowest BCUT2D eigenvalue weighted by Gasteiger charge is -2.14. The molecule has 6 heteroatoms. The molecule has 1 saturated heterocycles. The second-order valence-electron chi connectivity index (χ2n) is 4.07. The van der Waals surface area contributed by atoms with Gasteiger partial charge in [-0.05, 0) is 5.92 Å². The van der Waals surface area contributed by atoms with Gasteiger partial charge >= 0.3 is 5.97 Å². The first-order chi connectivity index (χ1) is 7.59. The van der Waals surface area contributed by atoms with E-state index < -0.39 is 11.9 Å². The summed E-state index contributed by atoms with van der Waals surface area (Å²) in [6, 6.07) is 0. The summed E-state index contributed by atoms with van der Waals surface area (Å²) in [5, 5.41) is 8.98. The lowest BCUT2D eigenvalue weighted by Crippen LogP contribution is -2.29. The number of aromatic nitrogens is 2. The zero-order valence-corrected chi connectivity index (χ0v) is 8.88. The minimum absolute atomic E-state index is 0.0268. The second-order valence-corrected chi connectivity index (χ2v) is 4.07. The molecule has 1 aliphatic rings. The highest BCUT2D eigenvalue weighted by molar-refractivity contribution is 5.72. The average molecular weight is 223 g/mol. The Balaban J connectivity index is 2.24. The highest BCUT2D eigenvalue weighted by Gasteiger charge is 2.36. The van der Waals surface area contributed by atoms with E-state index in [1.54, 1.807) is 4.90 Å². The van der Waals surface area contributed by atoms with Crippen molar-refractivity contribution in [2.75, 3.05) is 18.0 Å². The van der Waals surface area contributed by atoms with Gasteiger partial charge in [0.15, 0.2) is 5.82 Å². The highest BCUT2D eigenvalue weighted by atomic mass is 16.4. The molecule has 2 atom stereocenters. The van der Waals surface area contributed by atoms with Crippen molar-refractivity contribution in [3.8, 4) is 0 Å². The largest absolute Gasteiger partial charge is 0.481 e. The molecule has 0 unspecified atom stereocenters. The van der Waals surface area contributed by atoms with Crippen molar-refractivity contribution in [1.29, 1.82) is 0 Å². The van der Waals surface area contributed by atoms with Gasteiger partial charge in [0.25, 0.3) is 5.56 Å². The predicted molar refractivity (Wildman–Crippen MR) is 57.4 cm³/mol. The van der Waals surface area contributed by atoms with Gasteiger partial charge in [-0.2, -0.15) is 0 Å². The summed E-state index contributed by atoms with van der Waals surface area (Å²) >= 11 is 0. The fourth-order valence-corrected chi connectivity index (χ4v) is 2.03. The van der Waals surface area contributed by atoms with Crippen LogP contribution in [-0.2, 0) is 4.79 Å². The van der Waals surface area contributed by atoms with Crippen LogP contribution in [0.3, 0.4) is 0 Å². The summed E-state index contributed by atoms with van der Waals surface area (Å²) in [5.41, 5.74) is -0.277. The van der Waals surface area contributed by atoms with Crippen LogP contribution in [0, 0.1) is 11.8 Å². The maximum Gasteiger partial charge on any atom is 0.308 e. The third-order valence-electron chi connectivity index (χ3n) is 2.92. The molecular formula is C10H13N3O3. The molecule has 16 heavy (non-hydrogen) atoms. The molecule has 1 aromatic heterocycles. The van der Waals surface area contributed by atoms with Gasteiger partial charge in [0, 0.05) is 25.5 Å². The van der Waals surface area contributed by atoms with E-state index >= 15 is 0 Å². The minimum Gasteiger partial charge on any atom is -0.481 e. The minimum atomic E-state index is -0.817. The van der Waals surface area contributed by atoms with Gasteiger partial charge in [0.1, 0.15) is 0 Å². The Hall–Kier alpha value is -1.85. The molecule has 1 aromatic rings. The van der Waals surface area contributed by atoms with Crippen molar-refractivity contribution in [3.05, 3.63) is 22.7 Å². The molecule has 0 radical (unpaired) electrons. The first-order valence-electron chi connectivity index (χ1n) is 5.11. The number of carboxylic acids is 1. The van der Waals surface area contributed by atoms with E-state index in [2.05, 4.69) is 9.97 Å². The molecule has 2 rings (SSSR count). The number of nitrogens with one attached hydrogen (secondary N) is 1. The Bertz CT molecular complexity index is 457. The van der Waals surface area contributed by atoms with Gasteiger partial charge in [-0.25, -0.2) is 4.98 Å². The molecule has 86 valence electrons. The van der Waals surface area contributed by atoms with E-state index in [1.165, 1.54) is 12.4 Å². The topological polar surface area (TPSA) is 86.3 Å².